The number of hydrogen-bond acceptors (Lipinski definition) is 9. The SMILES string of the molecule is NC(=O)C(c1ccncc1)N1CCC(O)(CNc2ncnc(N(Cc3ccc(C(F)(F)F)cc3)C3CC3)c2F)C(O)C1. The fourth-order valence-electron chi connectivity index (χ4n) is 5.21. The van der Waals surface area contributed by atoms with Gasteiger partial charge in [-0.1, -0.05) is 12.1 Å². The minimum absolute atomic E-state index is 0.0149. The lowest BCUT2D eigenvalue weighted by molar-refractivity contribution is -0.137. The summed E-state index contributed by atoms with van der Waals surface area (Å²) in [7, 11) is 0. The topological polar surface area (TPSA) is 141 Å². The number of aromatic nitrogens is 3. The van der Waals surface area contributed by atoms with Gasteiger partial charge in [-0.15, -0.1) is 0 Å². The van der Waals surface area contributed by atoms with Crippen molar-refractivity contribution in [3.63, 3.8) is 0 Å². The molecule has 1 amide bonds. The Morgan fingerprint density at radius 3 is 2.45 bits per heavy atom. The zero-order valence-corrected chi connectivity index (χ0v) is 22.5. The minimum Gasteiger partial charge on any atom is -0.389 e. The summed E-state index contributed by atoms with van der Waals surface area (Å²) in [4.78, 5) is 27.6. The van der Waals surface area contributed by atoms with Crippen LogP contribution in [0.4, 0.5) is 29.2 Å². The van der Waals surface area contributed by atoms with Crippen LogP contribution in [0, 0.1) is 5.82 Å². The van der Waals surface area contributed by atoms with Crippen molar-refractivity contribution in [1.29, 1.82) is 0 Å². The number of likely N-dealkylation sites (tertiary alicyclic amines) is 1. The molecule has 1 saturated carbocycles. The molecule has 1 saturated heterocycles. The van der Waals surface area contributed by atoms with Crippen molar-refractivity contribution in [3.05, 3.63) is 77.6 Å². The van der Waals surface area contributed by atoms with Crippen molar-refractivity contribution in [2.75, 3.05) is 29.9 Å². The number of amides is 1. The maximum Gasteiger partial charge on any atom is 0.416 e. The van der Waals surface area contributed by atoms with Crippen LogP contribution in [-0.2, 0) is 17.5 Å². The standard InChI is InChI=1S/C28H31F4N7O3/c29-22-25(35-15-27(42)9-12-38(14-21(27)40)23(24(33)41)18-7-10-34-11-8-18)36-16-37-26(22)39(20-5-6-20)13-17-1-3-19(4-2-17)28(30,31)32/h1-4,7-8,10-11,16,20-21,23,40,42H,5-6,9,12-15H2,(H2,33,41)(H,35,36,37). The molecule has 3 heterocycles. The van der Waals surface area contributed by atoms with Crippen molar-refractivity contribution in [3.8, 4) is 0 Å². The highest BCUT2D eigenvalue weighted by Gasteiger charge is 2.44. The monoisotopic (exact) mass is 589 g/mol. The van der Waals surface area contributed by atoms with Crippen LogP contribution in [0.5, 0.6) is 0 Å². The fourth-order valence-corrected chi connectivity index (χ4v) is 5.21. The lowest BCUT2D eigenvalue weighted by Crippen LogP contribution is -2.60. The minimum atomic E-state index is -4.45. The molecule has 5 rings (SSSR count). The van der Waals surface area contributed by atoms with E-state index in [2.05, 4.69) is 20.3 Å². The number of alkyl halides is 3. The van der Waals surface area contributed by atoms with Gasteiger partial charge in [-0.3, -0.25) is 14.7 Å². The number of nitrogens with one attached hydrogen (secondary N) is 1. The quantitative estimate of drug-likeness (QED) is 0.263. The first kappa shape index (κ1) is 29.6. The summed E-state index contributed by atoms with van der Waals surface area (Å²) in [5, 5.41) is 24.9. The summed E-state index contributed by atoms with van der Waals surface area (Å²) >= 11 is 0. The van der Waals surface area contributed by atoms with Crippen LogP contribution in [0.3, 0.4) is 0 Å². The highest BCUT2D eigenvalue weighted by molar-refractivity contribution is 5.81. The van der Waals surface area contributed by atoms with E-state index in [4.69, 9.17) is 5.73 Å². The predicted molar refractivity (Wildman–Crippen MR) is 144 cm³/mol. The molecule has 224 valence electrons. The van der Waals surface area contributed by atoms with Crippen LogP contribution in [0.1, 0.15) is 42.0 Å². The number of anilines is 2. The van der Waals surface area contributed by atoms with Crippen molar-refractivity contribution >= 4 is 17.5 Å². The Morgan fingerprint density at radius 2 is 1.86 bits per heavy atom. The summed E-state index contributed by atoms with van der Waals surface area (Å²) < 4.78 is 54.5. The van der Waals surface area contributed by atoms with Gasteiger partial charge in [0.25, 0.3) is 0 Å². The molecule has 14 heteroatoms. The van der Waals surface area contributed by atoms with Gasteiger partial charge in [0, 0.05) is 44.6 Å². The van der Waals surface area contributed by atoms with Gasteiger partial charge in [0.15, 0.2) is 11.6 Å². The van der Waals surface area contributed by atoms with Crippen LogP contribution in [0.2, 0.25) is 0 Å². The van der Waals surface area contributed by atoms with Crippen molar-refractivity contribution in [2.45, 2.75) is 55.8 Å². The summed E-state index contributed by atoms with van der Waals surface area (Å²) in [6, 6.07) is 7.16. The molecule has 5 N–H and O–H groups in total. The number of primary amides is 1. The Hall–Kier alpha value is -3.88. The average Bonchev–Trinajstić information content (AvgIpc) is 3.79. The largest absolute Gasteiger partial charge is 0.416 e. The lowest BCUT2D eigenvalue weighted by atomic mass is 9.87. The molecule has 42 heavy (non-hydrogen) atoms. The number of pyridine rings is 1. The lowest BCUT2D eigenvalue weighted by Gasteiger charge is -2.44. The zero-order valence-electron chi connectivity index (χ0n) is 22.5. The first-order chi connectivity index (χ1) is 20.0. The molecule has 1 aliphatic heterocycles. The van der Waals surface area contributed by atoms with E-state index >= 15 is 4.39 Å². The maximum atomic E-state index is 15.7. The van der Waals surface area contributed by atoms with Crippen molar-refractivity contribution in [1.82, 2.24) is 19.9 Å². The van der Waals surface area contributed by atoms with E-state index in [1.54, 1.807) is 21.9 Å². The molecular formula is C28H31F4N7O3. The molecule has 2 aromatic heterocycles. The van der Waals surface area contributed by atoms with E-state index < -0.39 is 41.2 Å². The second kappa shape index (κ2) is 11.8. The molecule has 3 unspecified atom stereocenters. The molecule has 10 nitrogen and oxygen atoms in total. The van der Waals surface area contributed by atoms with E-state index in [1.165, 1.54) is 24.5 Å². The number of nitrogens with zero attached hydrogens (tertiary/aromatic N) is 5. The Balaban J connectivity index is 1.27. The number of benzene rings is 1. The molecule has 1 aromatic carbocycles. The van der Waals surface area contributed by atoms with Crippen LogP contribution in [0.25, 0.3) is 0 Å². The second-order valence-electron chi connectivity index (χ2n) is 10.7. The van der Waals surface area contributed by atoms with Gasteiger partial charge >= 0.3 is 6.18 Å². The molecule has 3 atom stereocenters. The van der Waals surface area contributed by atoms with Gasteiger partial charge in [0.1, 0.15) is 18.0 Å². The molecule has 2 fully saturated rings. The number of halogens is 4. The average molecular weight is 590 g/mol. The van der Waals surface area contributed by atoms with Crippen molar-refractivity contribution < 1.29 is 32.6 Å². The second-order valence-corrected chi connectivity index (χ2v) is 10.7. The van der Waals surface area contributed by atoms with Crippen LogP contribution in [-0.4, -0.2) is 73.4 Å². The third-order valence-corrected chi connectivity index (χ3v) is 7.74. The molecule has 3 aromatic rings. The third-order valence-electron chi connectivity index (χ3n) is 7.74. The highest BCUT2D eigenvalue weighted by atomic mass is 19.4. The predicted octanol–water partition coefficient (Wildman–Crippen LogP) is 2.63. The first-order valence-corrected chi connectivity index (χ1v) is 13.5. The van der Waals surface area contributed by atoms with Gasteiger partial charge in [-0.25, -0.2) is 9.97 Å². The summed E-state index contributed by atoms with van der Waals surface area (Å²) in [6.45, 7) is 0.0703. The molecular weight excluding hydrogens is 558 g/mol. The van der Waals surface area contributed by atoms with E-state index in [1.807, 2.05) is 0 Å². The smallest absolute Gasteiger partial charge is 0.389 e. The number of aliphatic hydroxyl groups is 2. The first-order valence-electron chi connectivity index (χ1n) is 13.5. The van der Waals surface area contributed by atoms with Gasteiger partial charge in [0.2, 0.25) is 11.7 Å². The Kier molecular flexibility index (Phi) is 8.30. The highest BCUT2D eigenvalue weighted by Crippen LogP contribution is 2.36. The van der Waals surface area contributed by atoms with Gasteiger partial charge in [-0.2, -0.15) is 17.6 Å². The van der Waals surface area contributed by atoms with Crippen LogP contribution < -0.4 is 16.0 Å². The Morgan fingerprint density at radius 1 is 1.17 bits per heavy atom. The number of aliphatic hydroxyl groups excluding tert-OH is 1. The number of rotatable bonds is 10. The summed E-state index contributed by atoms with van der Waals surface area (Å²) in [6.07, 6.45) is 0.0902. The molecule has 2 aliphatic rings. The normalized spacial score (nSPS) is 22.0. The van der Waals surface area contributed by atoms with Crippen molar-refractivity contribution in [2.24, 2.45) is 5.73 Å². The Bertz CT molecular complexity index is 1390. The zero-order chi connectivity index (χ0) is 30.1. The van der Waals surface area contributed by atoms with E-state index in [0.29, 0.717) is 11.1 Å². The molecule has 0 spiro atoms. The summed E-state index contributed by atoms with van der Waals surface area (Å²) in [5.41, 5.74) is 4.38. The maximum absolute atomic E-state index is 15.7. The van der Waals surface area contributed by atoms with Gasteiger partial charge in [0.05, 0.1) is 11.7 Å². The number of nitrogens with two attached hydrogens (primary N) is 1. The number of β-amino-alcohol motifs (C(OH)–C–C–N with tert-alkyl or cyclic N) is 1. The summed E-state index contributed by atoms with van der Waals surface area (Å²) in [5.74, 6) is -1.59. The van der Waals surface area contributed by atoms with E-state index in [9.17, 15) is 28.2 Å². The van der Waals surface area contributed by atoms with Crippen LogP contribution in [0.15, 0.2) is 55.1 Å². The Labute approximate surface area is 239 Å². The molecule has 0 radical (unpaired) electrons. The van der Waals surface area contributed by atoms with E-state index in [-0.39, 0.29) is 50.3 Å². The van der Waals surface area contributed by atoms with Gasteiger partial charge in [-0.05, 0) is 54.7 Å². The van der Waals surface area contributed by atoms with E-state index in [0.717, 1.165) is 31.3 Å². The fraction of sp³-hybridized carbons (Fsp3) is 0.429. The number of carbonyl (C=O) groups excluding carboxylic acids is 1. The number of hydrogen-bond donors (Lipinski definition) is 4. The van der Waals surface area contributed by atoms with Gasteiger partial charge < -0.3 is 26.2 Å². The molecule has 1 aliphatic carbocycles. The third kappa shape index (κ3) is 6.45. The number of carbonyl (C=O) groups is 1. The number of piperidine rings is 1. The van der Waals surface area contributed by atoms with Crippen LogP contribution >= 0.6 is 0 Å². The molecule has 0 bridgehead atoms.